The second-order valence-corrected chi connectivity index (χ2v) is 6.24. The summed E-state index contributed by atoms with van der Waals surface area (Å²) < 4.78 is 1.71. The van der Waals surface area contributed by atoms with Crippen molar-refractivity contribution in [3.8, 4) is 0 Å². The van der Waals surface area contributed by atoms with E-state index < -0.39 is 0 Å². The summed E-state index contributed by atoms with van der Waals surface area (Å²) in [7, 11) is 1.84. The molecule has 1 fully saturated rings. The van der Waals surface area contributed by atoms with Crippen LogP contribution in [0.15, 0.2) is 12.3 Å². The number of pyridine rings is 1. The first kappa shape index (κ1) is 15.0. The van der Waals surface area contributed by atoms with Crippen LogP contribution in [0.1, 0.15) is 35.8 Å². The molecule has 3 heterocycles. The van der Waals surface area contributed by atoms with E-state index in [1.807, 2.05) is 24.9 Å². The molecule has 2 aromatic heterocycles. The number of nitrogens with zero attached hydrogens (tertiary/aromatic N) is 4. The molecule has 1 amide bonds. The fraction of sp³-hybridized carbons (Fsp3) is 0.562. The van der Waals surface area contributed by atoms with Gasteiger partial charge in [0.2, 0.25) is 0 Å². The number of hydrogen-bond acceptors (Lipinski definition) is 4. The molecule has 0 spiro atoms. The second kappa shape index (κ2) is 5.68. The summed E-state index contributed by atoms with van der Waals surface area (Å²) in [5, 5.41) is 5.05. The van der Waals surface area contributed by atoms with Crippen molar-refractivity contribution in [3.63, 3.8) is 0 Å². The van der Waals surface area contributed by atoms with Gasteiger partial charge in [-0.2, -0.15) is 5.10 Å². The monoisotopic (exact) mass is 301 g/mol. The van der Waals surface area contributed by atoms with Crippen molar-refractivity contribution >= 4 is 16.9 Å². The van der Waals surface area contributed by atoms with Crippen LogP contribution in [-0.2, 0) is 7.05 Å². The quantitative estimate of drug-likeness (QED) is 0.911. The lowest BCUT2D eigenvalue weighted by atomic mass is 9.90. The first-order valence-electron chi connectivity index (χ1n) is 7.83. The van der Waals surface area contributed by atoms with E-state index in [1.165, 1.54) is 0 Å². The Kier molecular flexibility index (Phi) is 3.87. The minimum Gasteiger partial charge on any atom is -0.334 e. The molecule has 0 bridgehead atoms. The highest BCUT2D eigenvalue weighted by Crippen LogP contribution is 2.26. The number of likely N-dealkylation sites (tertiary alicyclic amines) is 1. The molecular formula is C16H23N5O. The van der Waals surface area contributed by atoms with Gasteiger partial charge in [0.25, 0.3) is 5.91 Å². The summed E-state index contributed by atoms with van der Waals surface area (Å²) in [6.45, 7) is 5.36. The normalized spacial score (nSPS) is 22.3. The van der Waals surface area contributed by atoms with E-state index in [9.17, 15) is 4.79 Å². The van der Waals surface area contributed by atoms with Crippen LogP contribution in [0.25, 0.3) is 11.0 Å². The molecule has 0 saturated carbocycles. The number of aryl methyl sites for hydroxylation is 2. The van der Waals surface area contributed by atoms with E-state index in [2.05, 4.69) is 17.0 Å². The van der Waals surface area contributed by atoms with E-state index in [-0.39, 0.29) is 11.9 Å². The lowest BCUT2D eigenvalue weighted by molar-refractivity contribution is 0.0534. The maximum Gasteiger partial charge on any atom is 0.255 e. The summed E-state index contributed by atoms with van der Waals surface area (Å²) in [6.07, 6.45) is 3.88. The number of carbonyl (C=O) groups excluding carboxylic acids is 1. The lowest BCUT2D eigenvalue weighted by Crippen LogP contribution is -2.51. The third-order valence-electron chi connectivity index (χ3n) is 4.68. The van der Waals surface area contributed by atoms with Gasteiger partial charge in [0.1, 0.15) is 0 Å². The molecule has 0 radical (unpaired) electrons. The summed E-state index contributed by atoms with van der Waals surface area (Å²) in [6, 6.07) is 1.97. The van der Waals surface area contributed by atoms with Crippen LogP contribution in [0.3, 0.4) is 0 Å². The van der Waals surface area contributed by atoms with Gasteiger partial charge in [0.05, 0.1) is 17.1 Å². The summed E-state index contributed by atoms with van der Waals surface area (Å²) in [5.41, 5.74) is 8.18. The standard InChI is InChI=1S/C16H23N5O/c1-10-5-4-6-21(14(10)8-17)16(22)12-7-11(2)19-15-13(12)9-18-20(15)3/h7,9-10,14H,4-6,8,17H2,1-3H3. The molecule has 2 aromatic rings. The molecule has 1 aliphatic heterocycles. The number of hydrogen-bond donors (Lipinski definition) is 1. The third-order valence-corrected chi connectivity index (χ3v) is 4.68. The van der Waals surface area contributed by atoms with Gasteiger partial charge in [0.15, 0.2) is 5.65 Å². The number of carbonyl (C=O) groups is 1. The minimum absolute atomic E-state index is 0.0468. The predicted octanol–water partition coefficient (Wildman–Crippen LogP) is 1.48. The van der Waals surface area contributed by atoms with E-state index >= 15 is 0 Å². The zero-order valence-corrected chi connectivity index (χ0v) is 13.4. The van der Waals surface area contributed by atoms with Crippen LogP contribution < -0.4 is 5.73 Å². The number of rotatable bonds is 2. The number of nitrogens with two attached hydrogens (primary N) is 1. The molecule has 6 heteroatoms. The van der Waals surface area contributed by atoms with Crippen LogP contribution >= 0.6 is 0 Å². The van der Waals surface area contributed by atoms with Crippen molar-refractivity contribution in [1.29, 1.82) is 0 Å². The Labute approximate surface area is 130 Å². The Hall–Kier alpha value is -1.95. The van der Waals surface area contributed by atoms with E-state index in [0.29, 0.717) is 18.0 Å². The van der Waals surface area contributed by atoms with Gasteiger partial charge in [-0.25, -0.2) is 4.98 Å². The zero-order valence-electron chi connectivity index (χ0n) is 13.4. The largest absolute Gasteiger partial charge is 0.334 e. The summed E-state index contributed by atoms with van der Waals surface area (Å²) in [5.74, 6) is 0.487. The number of aromatic nitrogens is 3. The van der Waals surface area contributed by atoms with Crippen LogP contribution in [0.4, 0.5) is 0 Å². The molecule has 6 nitrogen and oxygen atoms in total. The van der Waals surface area contributed by atoms with Gasteiger partial charge in [0, 0.05) is 31.9 Å². The Morgan fingerprint density at radius 2 is 2.27 bits per heavy atom. The van der Waals surface area contributed by atoms with Crippen molar-refractivity contribution in [1.82, 2.24) is 19.7 Å². The molecule has 0 aromatic carbocycles. The predicted molar refractivity (Wildman–Crippen MR) is 85.5 cm³/mol. The van der Waals surface area contributed by atoms with Crippen molar-refractivity contribution in [3.05, 3.63) is 23.5 Å². The van der Waals surface area contributed by atoms with Crippen LogP contribution in [-0.4, -0.2) is 44.7 Å². The summed E-state index contributed by atoms with van der Waals surface area (Å²) in [4.78, 5) is 19.5. The van der Waals surface area contributed by atoms with Crippen LogP contribution in [0.5, 0.6) is 0 Å². The molecule has 118 valence electrons. The molecule has 2 atom stereocenters. The smallest absolute Gasteiger partial charge is 0.255 e. The van der Waals surface area contributed by atoms with Crippen molar-refractivity contribution < 1.29 is 4.79 Å². The lowest BCUT2D eigenvalue weighted by Gasteiger charge is -2.39. The Morgan fingerprint density at radius 1 is 1.50 bits per heavy atom. The highest BCUT2D eigenvalue weighted by atomic mass is 16.2. The van der Waals surface area contributed by atoms with Crippen LogP contribution in [0, 0.1) is 12.8 Å². The Bertz CT molecular complexity index is 708. The van der Waals surface area contributed by atoms with Gasteiger partial charge in [-0.05, 0) is 31.7 Å². The average Bonchev–Trinajstić information content (AvgIpc) is 2.87. The number of piperidine rings is 1. The van der Waals surface area contributed by atoms with Gasteiger partial charge in [-0.15, -0.1) is 0 Å². The van der Waals surface area contributed by atoms with Gasteiger partial charge in [-0.3, -0.25) is 9.48 Å². The fourth-order valence-electron chi connectivity index (χ4n) is 3.43. The van der Waals surface area contributed by atoms with Gasteiger partial charge >= 0.3 is 0 Å². The molecule has 2 unspecified atom stereocenters. The second-order valence-electron chi connectivity index (χ2n) is 6.24. The Balaban J connectivity index is 2.05. The zero-order chi connectivity index (χ0) is 15.9. The van der Waals surface area contributed by atoms with Crippen LogP contribution in [0.2, 0.25) is 0 Å². The maximum atomic E-state index is 13.1. The van der Waals surface area contributed by atoms with Gasteiger partial charge in [-0.1, -0.05) is 6.92 Å². The van der Waals surface area contributed by atoms with Crippen molar-refractivity contribution in [2.24, 2.45) is 18.7 Å². The molecular weight excluding hydrogens is 278 g/mol. The summed E-state index contributed by atoms with van der Waals surface area (Å²) >= 11 is 0. The molecule has 3 rings (SSSR count). The molecule has 2 N–H and O–H groups in total. The first-order chi connectivity index (χ1) is 10.5. The third kappa shape index (κ3) is 2.37. The number of fused-ring (bicyclic) bond motifs is 1. The van der Waals surface area contributed by atoms with Crippen molar-refractivity contribution in [2.45, 2.75) is 32.7 Å². The van der Waals surface area contributed by atoms with E-state index in [4.69, 9.17) is 5.73 Å². The van der Waals surface area contributed by atoms with E-state index in [1.54, 1.807) is 10.9 Å². The topological polar surface area (TPSA) is 77.0 Å². The first-order valence-corrected chi connectivity index (χ1v) is 7.83. The molecule has 1 aliphatic rings. The average molecular weight is 301 g/mol. The van der Waals surface area contributed by atoms with Crippen molar-refractivity contribution in [2.75, 3.05) is 13.1 Å². The molecule has 1 saturated heterocycles. The Morgan fingerprint density at radius 3 is 3.00 bits per heavy atom. The molecule has 0 aliphatic carbocycles. The SMILES string of the molecule is Cc1cc(C(=O)N2CCCC(C)C2CN)c2cnn(C)c2n1. The highest BCUT2D eigenvalue weighted by Gasteiger charge is 2.32. The maximum absolute atomic E-state index is 13.1. The van der Waals surface area contributed by atoms with Gasteiger partial charge < -0.3 is 10.6 Å². The molecule has 22 heavy (non-hydrogen) atoms. The number of amides is 1. The fourth-order valence-corrected chi connectivity index (χ4v) is 3.43. The van der Waals surface area contributed by atoms with E-state index in [0.717, 1.165) is 36.1 Å². The highest BCUT2D eigenvalue weighted by molar-refractivity contribution is 6.05. The minimum atomic E-state index is 0.0468.